The van der Waals surface area contributed by atoms with Gasteiger partial charge in [0.1, 0.15) is 17.1 Å². The lowest BCUT2D eigenvalue weighted by molar-refractivity contribution is -0.113. The minimum atomic E-state index is -3.51. The Bertz CT molecular complexity index is 1420. The van der Waals surface area contributed by atoms with Crippen LogP contribution in [0.25, 0.3) is 0 Å². The molecule has 10 nitrogen and oxygen atoms in total. The Kier molecular flexibility index (Phi) is 5.88. The van der Waals surface area contributed by atoms with E-state index >= 15 is 0 Å². The van der Waals surface area contributed by atoms with Crippen LogP contribution in [0.1, 0.15) is 59.8 Å². The third kappa shape index (κ3) is 4.59. The summed E-state index contributed by atoms with van der Waals surface area (Å²) < 4.78 is 30.6. The molecule has 0 bridgehead atoms. The first-order chi connectivity index (χ1) is 18.0. The number of carbonyl (C=O) groups excluding carboxylic acids is 2. The van der Waals surface area contributed by atoms with E-state index in [9.17, 15) is 18.0 Å². The highest BCUT2D eigenvalue weighted by atomic mass is 32.2. The lowest BCUT2D eigenvalue weighted by atomic mass is 9.82. The smallest absolute Gasteiger partial charge is 0.257 e. The van der Waals surface area contributed by atoms with Gasteiger partial charge in [-0.05, 0) is 55.4 Å². The molecule has 3 heterocycles. The van der Waals surface area contributed by atoms with Gasteiger partial charge >= 0.3 is 0 Å². The van der Waals surface area contributed by atoms with Gasteiger partial charge in [-0.2, -0.15) is 5.10 Å². The van der Waals surface area contributed by atoms with Gasteiger partial charge in [-0.1, -0.05) is 18.9 Å². The zero-order chi connectivity index (χ0) is 26.9. The van der Waals surface area contributed by atoms with Crippen LogP contribution in [0.2, 0.25) is 0 Å². The third-order valence-corrected chi connectivity index (χ3v) is 9.29. The third-order valence-electron chi connectivity index (χ3n) is 8.51. The number of carbonyl (C=O) groups is 2. The van der Waals surface area contributed by atoms with Gasteiger partial charge in [0.05, 0.1) is 16.8 Å². The lowest BCUT2D eigenvalue weighted by Crippen LogP contribution is -2.61. The van der Waals surface area contributed by atoms with Crippen LogP contribution in [-0.4, -0.2) is 67.8 Å². The summed E-state index contributed by atoms with van der Waals surface area (Å²) in [6.07, 6.45) is 6.45. The highest BCUT2D eigenvalue weighted by Crippen LogP contribution is 2.45. The summed E-state index contributed by atoms with van der Waals surface area (Å²) >= 11 is 0. The number of fused-ring (bicyclic) bond motifs is 3. The Labute approximate surface area is 223 Å². The zero-order valence-electron chi connectivity index (χ0n) is 22.2. The van der Waals surface area contributed by atoms with E-state index in [2.05, 4.69) is 40.7 Å². The van der Waals surface area contributed by atoms with Gasteiger partial charge in [0, 0.05) is 45.1 Å². The van der Waals surface area contributed by atoms with E-state index in [4.69, 9.17) is 9.84 Å². The van der Waals surface area contributed by atoms with Gasteiger partial charge in [-0.3, -0.25) is 9.59 Å². The van der Waals surface area contributed by atoms with E-state index in [-0.39, 0.29) is 11.5 Å². The molecule has 0 radical (unpaired) electrons. The molecule has 2 amide bonds. The number of ether oxygens (including phenoxy) is 1. The highest BCUT2D eigenvalue weighted by molar-refractivity contribution is 7.91. The summed E-state index contributed by atoms with van der Waals surface area (Å²) in [4.78, 5) is 28.4. The average Bonchev–Trinajstić information content (AvgIpc) is 3.51. The summed E-state index contributed by atoms with van der Waals surface area (Å²) in [5.41, 5.74) is 3.85. The molecule has 6 rings (SSSR count). The molecule has 1 saturated carbocycles. The minimum Gasteiger partial charge on any atom is -0.375 e. The molecule has 0 unspecified atom stereocenters. The largest absolute Gasteiger partial charge is 0.375 e. The molecule has 2 fully saturated rings. The number of aromatic nitrogens is 2. The second-order valence-corrected chi connectivity index (χ2v) is 13.9. The average molecular weight is 542 g/mol. The second-order valence-electron chi connectivity index (χ2n) is 11.8. The Hall–Kier alpha value is -2.92. The van der Waals surface area contributed by atoms with Crippen LogP contribution >= 0.6 is 0 Å². The first kappa shape index (κ1) is 25.4. The normalized spacial score (nSPS) is 23.6. The van der Waals surface area contributed by atoms with E-state index < -0.39 is 27.0 Å². The van der Waals surface area contributed by atoms with Crippen molar-refractivity contribution >= 4 is 33.2 Å². The number of amides is 2. The first-order valence-corrected chi connectivity index (χ1v) is 15.4. The number of rotatable bonds is 8. The van der Waals surface area contributed by atoms with Crippen molar-refractivity contribution in [3.05, 3.63) is 40.6 Å². The fourth-order valence-corrected chi connectivity index (χ4v) is 6.76. The number of anilines is 2. The van der Waals surface area contributed by atoms with Crippen LogP contribution in [0.3, 0.4) is 0 Å². The van der Waals surface area contributed by atoms with Crippen LogP contribution in [0.15, 0.2) is 18.2 Å². The van der Waals surface area contributed by atoms with Crippen molar-refractivity contribution in [3.8, 4) is 0 Å². The van der Waals surface area contributed by atoms with Crippen molar-refractivity contribution in [1.82, 2.24) is 15.1 Å². The maximum atomic E-state index is 13.6. The Morgan fingerprint density at radius 2 is 2.05 bits per heavy atom. The van der Waals surface area contributed by atoms with E-state index in [1.165, 1.54) is 24.1 Å². The van der Waals surface area contributed by atoms with Crippen LogP contribution in [0.5, 0.6) is 0 Å². The minimum absolute atomic E-state index is 0.110. The summed E-state index contributed by atoms with van der Waals surface area (Å²) in [6.45, 7) is 4.38. The Morgan fingerprint density at radius 3 is 2.74 bits per heavy atom. The fraction of sp³-hybridized carbons (Fsp3) is 0.593. The summed E-state index contributed by atoms with van der Waals surface area (Å²) in [5.74, 6) is -0.647. The first-order valence-electron chi connectivity index (χ1n) is 13.3. The molecule has 1 saturated heterocycles. The lowest BCUT2D eigenvalue weighted by Gasteiger charge is -2.48. The van der Waals surface area contributed by atoms with Gasteiger partial charge in [0.25, 0.3) is 5.91 Å². The van der Waals surface area contributed by atoms with Gasteiger partial charge in [0.15, 0.2) is 9.84 Å². The van der Waals surface area contributed by atoms with Crippen molar-refractivity contribution < 1.29 is 22.7 Å². The van der Waals surface area contributed by atoms with Gasteiger partial charge < -0.3 is 20.3 Å². The molecular formula is C27H35N5O5S. The van der Waals surface area contributed by atoms with Crippen molar-refractivity contribution in [2.24, 2.45) is 5.92 Å². The molecular weight excluding hydrogens is 506 g/mol. The van der Waals surface area contributed by atoms with Gasteiger partial charge in [-0.15, -0.1) is 0 Å². The zero-order valence-corrected chi connectivity index (χ0v) is 23.0. The number of nitrogens with one attached hydrogen (secondary N) is 2. The van der Waals surface area contributed by atoms with E-state index in [0.29, 0.717) is 36.0 Å². The Balaban J connectivity index is 1.28. The SMILES string of the molecule is COC1(C)CN(c2ccc3c(c2)CC[C@@]32Cc3nn(CCC4CC4)c(NC(=O)CS(C)(=O)=O)c3C(=O)N2)C1. The number of benzene rings is 1. The molecule has 38 heavy (non-hydrogen) atoms. The second kappa shape index (κ2) is 8.81. The van der Waals surface area contributed by atoms with E-state index in [0.717, 1.165) is 44.2 Å². The summed E-state index contributed by atoms with van der Waals surface area (Å²) in [7, 11) is -1.76. The van der Waals surface area contributed by atoms with Crippen LogP contribution in [0.4, 0.5) is 11.5 Å². The molecule has 1 atom stereocenters. The van der Waals surface area contributed by atoms with Crippen LogP contribution in [-0.2, 0) is 44.3 Å². The van der Waals surface area contributed by atoms with Crippen LogP contribution in [0, 0.1) is 5.92 Å². The van der Waals surface area contributed by atoms with Gasteiger partial charge in [0.2, 0.25) is 5.91 Å². The van der Waals surface area contributed by atoms with E-state index in [1.54, 1.807) is 11.8 Å². The highest BCUT2D eigenvalue weighted by Gasteiger charge is 2.47. The van der Waals surface area contributed by atoms with Crippen molar-refractivity contribution in [3.63, 3.8) is 0 Å². The predicted octanol–water partition coefficient (Wildman–Crippen LogP) is 2.02. The number of sulfone groups is 1. The summed E-state index contributed by atoms with van der Waals surface area (Å²) in [6, 6.07) is 6.48. The molecule has 1 aromatic heterocycles. The maximum Gasteiger partial charge on any atom is 0.257 e. The van der Waals surface area contributed by atoms with Crippen molar-refractivity contribution in [2.75, 3.05) is 42.4 Å². The van der Waals surface area contributed by atoms with Crippen LogP contribution < -0.4 is 15.5 Å². The number of aryl methyl sites for hydroxylation is 2. The fourth-order valence-electron chi connectivity index (χ4n) is 6.21. The predicted molar refractivity (Wildman–Crippen MR) is 143 cm³/mol. The molecule has 1 aromatic carbocycles. The monoisotopic (exact) mass is 541 g/mol. The molecule has 2 aliphatic heterocycles. The van der Waals surface area contributed by atoms with Gasteiger partial charge in [-0.25, -0.2) is 13.1 Å². The quantitative estimate of drug-likeness (QED) is 0.524. The van der Waals surface area contributed by atoms with E-state index in [1.807, 2.05) is 0 Å². The molecule has 2 aliphatic carbocycles. The molecule has 4 aliphatic rings. The number of nitrogens with zero attached hydrogens (tertiary/aromatic N) is 3. The molecule has 204 valence electrons. The standard InChI is InChI=1S/C27H35N5O5S/c1-26(37-2)15-31(16-26)19-6-7-20-18(12-19)8-10-27(20)13-21-23(25(34)29-27)24(28-22(33)14-38(3,35)36)32(30-21)11-9-17-4-5-17/h6-7,12,17H,4-5,8-11,13-16H2,1-3H3,(H,28,33)(H,29,34)/t27-/m1/s1. The van der Waals surface area contributed by atoms with Crippen molar-refractivity contribution in [2.45, 2.75) is 63.1 Å². The number of hydrogen-bond donors (Lipinski definition) is 2. The molecule has 2 N–H and O–H groups in total. The maximum absolute atomic E-state index is 13.6. The van der Waals surface area contributed by atoms with Crippen molar-refractivity contribution in [1.29, 1.82) is 0 Å². The Morgan fingerprint density at radius 1 is 1.29 bits per heavy atom. The summed E-state index contributed by atoms with van der Waals surface area (Å²) in [5, 5.41) is 10.8. The molecule has 2 aromatic rings. The number of methoxy groups -OCH3 is 1. The molecule has 1 spiro atoms. The number of hydrogen-bond acceptors (Lipinski definition) is 7. The molecule has 11 heteroatoms. The topological polar surface area (TPSA) is 123 Å².